The lowest BCUT2D eigenvalue weighted by Crippen LogP contribution is -1.95. The minimum atomic E-state index is 0.247. The highest BCUT2D eigenvalue weighted by molar-refractivity contribution is 6.00. The molecular weight excluding hydrogens is 164 g/mol. The van der Waals surface area contributed by atoms with Crippen LogP contribution in [0.15, 0.2) is 18.2 Å². The highest BCUT2D eigenvalue weighted by Crippen LogP contribution is 2.25. The van der Waals surface area contributed by atoms with Crippen LogP contribution < -0.4 is 4.74 Å². The van der Waals surface area contributed by atoms with Gasteiger partial charge in [0.1, 0.15) is 5.75 Å². The standard InChI is InChI=1S/C11H12O2/c1-2-13-9-5-3-8-4-6-11(12)10(8)7-9/h3,5,7H,2,4,6H2,1H3. The van der Waals surface area contributed by atoms with Gasteiger partial charge in [-0.25, -0.2) is 0 Å². The summed E-state index contributed by atoms with van der Waals surface area (Å²) in [5.41, 5.74) is 2.01. The second kappa shape index (κ2) is 3.21. The molecular formula is C11H12O2. The quantitative estimate of drug-likeness (QED) is 0.690. The van der Waals surface area contributed by atoms with Gasteiger partial charge in [0.25, 0.3) is 0 Å². The molecule has 0 heterocycles. The van der Waals surface area contributed by atoms with Crippen LogP contribution in [-0.4, -0.2) is 12.4 Å². The van der Waals surface area contributed by atoms with Gasteiger partial charge in [0.15, 0.2) is 5.78 Å². The van der Waals surface area contributed by atoms with Crippen molar-refractivity contribution >= 4 is 5.78 Å². The number of ketones is 1. The summed E-state index contributed by atoms with van der Waals surface area (Å²) in [6.45, 7) is 2.59. The predicted octanol–water partition coefficient (Wildman–Crippen LogP) is 2.21. The van der Waals surface area contributed by atoms with Crippen LogP contribution in [0.3, 0.4) is 0 Å². The van der Waals surface area contributed by atoms with Crippen LogP contribution in [0.25, 0.3) is 0 Å². The number of fused-ring (bicyclic) bond motifs is 1. The number of ether oxygens (including phenoxy) is 1. The Morgan fingerprint density at radius 1 is 1.38 bits per heavy atom. The van der Waals surface area contributed by atoms with E-state index in [4.69, 9.17) is 4.74 Å². The molecule has 1 aromatic carbocycles. The Balaban J connectivity index is 2.36. The molecule has 0 atom stereocenters. The van der Waals surface area contributed by atoms with Crippen LogP contribution in [0, 0.1) is 0 Å². The fourth-order valence-electron chi connectivity index (χ4n) is 1.67. The minimum Gasteiger partial charge on any atom is -0.494 e. The summed E-state index contributed by atoms with van der Waals surface area (Å²) in [6.07, 6.45) is 1.55. The Morgan fingerprint density at radius 3 is 3.00 bits per heavy atom. The van der Waals surface area contributed by atoms with Crippen molar-refractivity contribution in [3.8, 4) is 5.75 Å². The Kier molecular flexibility index (Phi) is 2.05. The highest BCUT2D eigenvalue weighted by Gasteiger charge is 2.19. The second-order valence-electron chi connectivity index (χ2n) is 3.18. The van der Waals surface area contributed by atoms with E-state index in [0.717, 1.165) is 23.3 Å². The van der Waals surface area contributed by atoms with Crippen LogP contribution in [0.4, 0.5) is 0 Å². The van der Waals surface area contributed by atoms with Crippen molar-refractivity contribution in [2.75, 3.05) is 6.61 Å². The molecule has 0 spiro atoms. The normalized spacial score (nSPS) is 14.4. The molecule has 1 aliphatic carbocycles. The molecule has 2 nitrogen and oxygen atoms in total. The van der Waals surface area contributed by atoms with E-state index in [1.165, 1.54) is 0 Å². The van der Waals surface area contributed by atoms with Gasteiger partial charge in [0, 0.05) is 12.0 Å². The number of carbonyl (C=O) groups excluding carboxylic acids is 1. The van der Waals surface area contributed by atoms with E-state index in [1.807, 2.05) is 25.1 Å². The smallest absolute Gasteiger partial charge is 0.163 e. The Labute approximate surface area is 77.5 Å². The fourth-order valence-corrected chi connectivity index (χ4v) is 1.67. The lowest BCUT2D eigenvalue weighted by molar-refractivity contribution is 0.0994. The third-order valence-corrected chi connectivity index (χ3v) is 2.31. The van der Waals surface area contributed by atoms with Gasteiger partial charge in [0.05, 0.1) is 6.61 Å². The van der Waals surface area contributed by atoms with E-state index in [1.54, 1.807) is 0 Å². The van der Waals surface area contributed by atoms with Crippen molar-refractivity contribution in [3.63, 3.8) is 0 Å². The predicted molar refractivity (Wildman–Crippen MR) is 50.3 cm³/mol. The molecule has 1 aliphatic rings. The summed E-state index contributed by atoms with van der Waals surface area (Å²) in [4.78, 5) is 11.4. The summed E-state index contributed by atoms with van der Waals surface area (Å²) in [6, 6.07) is 5.78. The Morgan fingerprint density at radius 2 is 2.23 bits per heavy atom. The number of rotatable bonds is 2. The SMILES string of the molecule is CCOc1ccc2c(c1)C(=O)CC2. The molecule has 2 heteroatoms. The molecule has 0 saturated heterocycles. The molecule has 2 rings (SSSR count). The number of hydrogen-bond acceptors (Lipinski definition) is 2. The molecule has 0 radical (unpaired) electrons. The van der Waals surface area contributed by atoms with Crippen molar-refractivity contribution < 1.29 is 9.53 Å². The van der Waals surface area contributed by atoms with Gasteiger partial charge in [-0.05, 0) is 31.0 Å². The lowest BCUT2D eigenvalue weighted by atomic mass is 10.1. The largest absolute Gasteiger partial charge is 0.494 e. The zero-order valence-corrected chi connectivity index (χ0v) is 7.67. The zero-order valence-electron chi connectivity index (χ0n) is 7.67. The van der Waals surface area contributed by atoms with Crippen molar-refractivity contribution in [1.82, 2.24) is 0 Å². The first-order chi connectivity index (χ1) is 6.31. The summed E-state index contributed by atoms with van der Waals surface area (Å²) in [5, 5.41) is 0. The minimum absolute atomic E-state index is 0.247. The van der Waals surface area contributed by atoms with Crippen molar-refractivity contribution in [2.24, 2.45) is 0 Å². The zero-order chi connectivity index (χ0) is 9.26. The van der Waals surface area contributed by atoms with Crippen LogP contribution in [0.1, 0.15) is 29.3 Å². The maximum Gasteiger partial charge on any atom is 0.163 e. The molecule has 0 saturated carbocycles. The molecule has 1 aromatic rings. The highest BCUT2D eigenvalue weighted by atomic mass is 16.5. The van der Waals surface area contributed by atoms with Crippen molar-refractivity contribution in [2.45, 2.75) is 19.8 Å². The number of benzene rings is 1. The van der Waals surface area contributed by atoms with Crippen LogP contribution in [0.2, 0.25) is 0 Å². The molecule has 68 valence electrons. The van der Waals surface area contributed by atoms with Gasteiger partial charge in [0.2, 0.25) is 0 Å². The summed E-state index contributed by atoms with van der Waals surface area (Å²) < 4.78 is 5.33. The molecule has 0 fully saturated rings. The molecule has 0 unspecified atom stereocenters. The Hall–Kier alpha value is -1.31. The first-order valence-electron chi connectivity index (χ1n) is 4.60. The first kappa shape index (κ1) is 8.30. The molecule has 0 aromatic heterocycles. The number of aryl methyl sites for hydroxylation is 1. The van der Waals surface area contributed by atoms with Crippen LogP contribution in [-0.2, 0) is 6.42 Å². The molecule has 0 amide bonds. The van der Waals surface area contributed by atoms with Gasteiger partial charge in [-0.2, -0.15) is 0 Å². The van der Waals surface area contributed by atoms with Gasteiger partial charge < -0.3 is 4.74 Å². The van der Waals surface area contributed by atoms with Gasteiger partial charge in [-0.3, -0.25) is 4.79 Å². The third kappa shape index (κ3) is 1.44. The first-order valence-corrected chi connectivity index (χ1v) is 4.60. The second-order valence-corrected chi connectivity index (χ2v) is 3.18. The van der Waals surface area contributed by atoms with Gasteiger partial charge >= 0.3 is 0 Å². The molecule has 13 heavy (non-hydrogen) atoms. The van der Waals surface area contributed by atoms with E-state index in [-0.39, 0.29) is 5.78 Å². The van der Waals surface area contributed by atoms with Gasteiger partial charge in [-0.1, -0.05) is 6.07 Å². The molecule has 0 aliphatic heterocycles. The fraction of sp³-hybridized carbons (Fsp3) is 0.364. The van der Waals surface area contributed by atoms with Gasteiger partial charge in [-0.15, -0.1) is 0 Å². The van der Waals surface area contributed by atoms with E-state index in [9.17, 15) is 4.79 Å². The monoisotopic (exact) mass is 176 g/mol. The average molecular weight is 176 g/mol. The lowest BCUT2D eigenvalue weighted by Gasteiger charge is -2.04. The summed E-state index contributed by atoms with van der Waals surface area (Å²) in [7, 11) is 0. The van der Waals surface area contributed by atoms with Crippen molar-refractivity contribution in [1.29, 1.82) is 0 Å². The molecule has 0 N–H and O–H groups in total. The van der Waals surface area contributed by atoms with Crippen LogP contribution >= 0.6 is 0 Å². The average Bonchev–Trinajstić information content (AvgIpc) is 2.49. The Bertz CT molecular complexity index is 342. The summed E-state index contributed by atoms with van der Waals surface area (Å²) in [5.74, 6) is 1.05. The van der Waals surface area contributed by atoms with Crippen LogP contribution in [0.5, 0.6) is 5.75 Å². The number of Topliss-reactive ketones (excluding diaryl/α,β-unsaturated/α-hetero) is 1. The summed E-state index contributed by atoms with van der Waals surface area (Å²) >= 11 is 0. The van der Waals surface area contributed by atoms with E-state index < -0.39 is 0 Å². The van der Waals surface area contributed by atoms with E-state index >= 15 is 0 Å². The molecule has 0 bridgehead atoms. The third-order valence-electron chi connectivity index (χ3n) is 2.31. The van der Waals surface area contributed by atoms with E-state index in [0.29, 0.717) is 13.0 Å². The van der Waals surface area contributed by atoms with Crippen molar-refractivity contribution in [3.05, 3.63) is 29.3 Å². The number of carbonyl (C=O) groups is 1. The topological polar surface area (TPSA) is 26.3 Å². The van der Waals surface area contributed by atoms with E-state index in [2.05, 4.69) is 0 Å². The number of hydrogen-bond donors (Lipinski definition) is 0. The maximum absolute atomic E-state index is 11.4. The maximum atomic E-state index is 11.4.